The van der Waals surface area contributed by atoms with Crippen LogP contribution in [0.4, 0.5) is 0 Å². The number of carbonyl (C=O) groups is 3. The number of benzene rings is 3. The van der Waals surface area contributed by atoms with Crippen molar-refractivity contribution in [3.8, 4) is 0 Å². The smallest absolute Gasteiger partial charge is 1.00 e. The number of halogens is 5. The first kappa shape index (κ1) is 51.4. The Labute approximate surface area is 374 Å². The number of hydrogen-bond donors (Lipinski definition) is 1. The maximum absolute atomic E-state index is 11.5. The van der Waals surface area contributed by atoms with Crippen LogP contribution in [0.25, 0.3) is 0 Å². The zero-order chi connectivity index (χ0) is 37.5. The van der Waals surface area contributed by atoms with Gasteiger partial charge in [0.1, 0.15) is 5.78 Å². The monoisotopic (exact) mass is 1040 g/mol. The summed E-state index contributed by atoms with van der Waals surface area (Å²) in [5.41, 5.74) is 7.33. The van der Waals surface area contributed by atoms with E-state index >= 15 is 0 Å². The van der Waals surface area contributed by atoms with E-state index in [2.05, 4.69) is 158 Å². The molecule has 2 aliphatic carbocycles. The van der Waals surface area contributed by atoms with Crippen LogP contribution in [0.5, 0.6) is 0 Å². The minimum absolute atomic E-state index is 0. The van der Waals surface area contributed by atoms with Crippen molar-refractivity contribution in [2.75, 3.05) is 0 Å². The number of carbonyl (C=O) groups excluding carboxylic acids is 3. The molecule has 3 aromatic rings. The maximum atomic E-state index is 11.5. The third-order valence-corrected chi connectivity index (χ3v) is 12.4. The van der Waals surface area contributed by atoms with Crippen LogP contribution in [0, 0.1) is 36.7 Å². The molecule has 0 aromatic heterocycles. The summed E-state index contributed by atoms with van der Waals surface area (Å²) in [4.78, 5) is 33.3. The zero-order valence-corrected chi connectivity index (χ0v) is 40.8. The van der Waals surface area contributed by atoms with Crippen LogP contribution >= 0.6 is 70.4 Å². The molecule has 3 aromatic carbocycles. The molecular formula is C42H52Br3ClIMgNO3. The molecule has 52 heavy (non-hydrogen) atoms. The van der Waals surface area contributed by atoms with E-state index in [1.54, 1.807) is 0 Å². The third-order valence-electron chi connectivity index (χ3n) is 9.13. The fourth-order valence-corrected chi connectivity index (χ4v) is 7.94. The van der Waals surface area contributed by atoms with E-state index in [0.717, 1.165) is 46.6 Å². The number of piperidine rings is 1. The second-order valence-corrected chi connectivity index (χ2v) is 17.0. The predicted octanol–water partition coefficient (Wildman–Crippen LogP) is 9.49. The van der Waals surface area contributed by atoms with E-state index in [0.29, 0.717) is 29.8 Å². The number of Topliss-reactive ketones (excluding diaryl/α,β-unsaturated/α-hetero) is 2. The average Bonchev–Trinajstić information content (AvgIpc) is 3.61. The fourth-order valence-electron chi connectivity index (χ4n) is 5.85. The van der Waals surface area contributed by atoms with Gasteiger partial charge in [0.2, 0.25) is 5.91 Å². The van der Waals surface area contributed by atoms with Crippen LogP contribution in [-0.4, -0.2) is 46.6 Å². The summed E-state index contributed by atoms with van der Waals surface area (Å²) < 4.78 is 4.75. The Kier molecular flexibility index (Phi) is 26.0. The van der Waals surface area contributed by atoms with Gasteiger partial charge < -0.3 is 24.1 Å². The number of allylic oxidation sites excluding steroid dienone is 2. The first-order valence-electron chi connectivity index (χ1n) is 17.3. The summed E-state index contributed by atoms with van der Waals surface area (Å²) in [6, 6.07) is 19.4. The molecule has 1 heterocycles. The summed E-state index contributed by atoms with van der Waals surface area (Å²) >= 11 is 12.8. The Morgan fingerprint density at radius 1 is 0.712 bits per heavy atom. The second kappa shape index (κ2) is 26.3. The van der Waals surface area contributed by atoms with Crippen molar-refractivity contribution in [1.29, 1.82) is 0 Å². The molecule has 10 heteroatoms. The molecule has 4 atom stereocenters. The van der Waals surface area contributed by atoms with Gasteiger partial charge in [0.15, 0.2) is 5.78 Å². The normalized spacial score (nSPS) is 20.0. The van der Waals surface area contributed by atoms with Crippen LogP contribution in [0.1, 0.15) is 113 Å². The molecule has 6 rings (SSSR count). The van der Waals surface area contributed by atoms with Crippen molar-refractivity contribution in [1.82, 2.24) is 5.32 Å². The van der Waals surface area contributed by atoms with E-state index in [1.165, 1.54) is 35.9 Å². The molecule has 2 fully saturated rings. The zero-order valence-electron chi connectivity index (χ0n) is 31.7. The van der Waals surface area contributed by atoms with Gasteiger partial charge in [0.25, 0.3) is 0 Å². The standard InChI is InChI=1S/C13H16BrNO.C13H15BrO.C7H6BrI.C6H8O.C3H7.ClH.Mg/c1-8-3-4-10(7-12(8)14)11-5-6-13(16)15-9(11)2;1-8-3-4-10(7-12(8)14)11-5-6-13(15)9(11)2;1-5-2-3-6(9)4-7(5)8;1-5-3-2-4-6(5)7;1-3-2;;/h3-4,7,9,11H,5-6H2,1-2H3,(H,15,16);3-4,7,9,11H,5-6H2,1-2H3;2-4H,1H3;3H,2,4H2,1H3;3H,1-2H3;1H;/q;;;;-1;;+2/p-1. The molecule has 3 aliphatic rings. The molecular weight excluding hydrogens is 993 g/mol. The predicted molar refractivity (Wildman–Crippen MR) is 234 cm³/mol. The Morgan fingerprint density at radius 2 is 1.17 bits per heavy atom. The second-order valence-electron chi connectivity index (χ2n) is 13.2. The first-order chi connectivity index (χ1) is 23.6. The molecule has 1 saturated carbocycles. The van der Waals surface area contributed by atoms with Gasteiger partial charge in [-0.1, -0.05) is 91.1 Å². The molecule has 0 bridgehead atoms. The third kappa shape index (κ3) is 17.1. The van der Waals surface area contributed by atoms with Gasteiger partial charge in [-0.05, 0) is 140 Å². The van der Waals surface area contributed by atoms with Crippen molar-refractivity contribution < 1.29 is 26.8 Å². The van der Waals surface area contributed by atoms with E-state index in [1.807, 2.05) is 40.2 Å². The molecule has 1 amide bonds. The molecule has 0 radical (unpaired) electrons. The SMILES string of the molecule is CC1=CCCC1=O.C[CH-]C.Cc1ccc(C2CCC(=O)C2C)cc1Br.Cc1ccc(C2CCC(=O)NC2C)cc1Br.Cc1ccc(I)cc1Br.[Cl-].[Mg+2]. The minimum atomic E-state index is 0. The Balaban J connectivity index is 0.000000668. The number of nitrogens with one attached hydrogen (secondary N) is 1. The van der Waals surface area contributed by atoms with Gasteiger partial charge >= 0.3 is 23.1 Å². The van der Waals surface area contributed by atoms with Crippen molar-refractivity contribution >= 4 is 111 Å². The van der Waals surface area contributed by atoms with Crippen LogP contribution in [0.15, 0.2) is 79.7 Å². The topological polar surface area (TPSA) is 63.2 Å². The van der Waals surface area contributed by atoms with Crippen LogP contribution in [0.3, 0.4) is 0 Å². The molecule has 1 saturated heterocycles. The Bertz CT molecular complexity index is 1650. The number of hydrogen-bond acceptors (Lipinski definition) is 3. The molecule has 4 nitrogen and oxygen atoms in total. The molecule has 1 aliphatic heterocycles. The van der Waals surface area contributed by atoms with Gasteiger partial charge in [-0.15, -0.1) is 0 Å². The van der Waals surface area contributed by atoms with E-state index in [9.17, 15) is 14.4 Å². The number of rotatable bonds is 2. The molecule has 280 valence electrons. The van der Waals surface area contributed by atoms with E-state index in [4.69, 9.17) is 0 Å². The average molecular weight is 1050 g/mol. The van der Waals surface area contributed by atoms with Gasteiger partial charge in [0, 0.05) is 54.1 Å². The number of ketones is 2. The Hall–Kier alpha value is -0.564. The Morgan fingerprint density at radius 3 is 1.52 bits per heavy atom. The maximum Gasteiger partial charge on any atom is 2.00 e. The number of aryl methyl sites for hydroxylation is 3. The first-order valence-corrected chi connectivity index (χ1v) is 20.7. The molecule has 0 spiro atoms. The van der Waals surface area contributed by atoms with Gasteiger partial charge in [-0.2, -0.15) is 13.8 Å². The van der Waals surface area contributed by atoms with Crippen LogP contribution in [0.2, 0.25) is 0 Å². The van der Waals surface area contributed by atoms with E-state index in [-0.39, 0.29) is 53.3 Å². The summed E-state index contributed by atoms with van der Waals surface area (Å²) in [6.45, 7) is 16.2. The minimum Gasteiger partial charge on any atom is -1.00 e. The quantitative estimate of drug-likeness (QED) is 0.158. The van der Waals surface area contributed by atoms with Gasteiger partial charge in [0.05, 0.1) is 0 Å². The van der Waals surface area contributed by atoms with Crippen molar-refractivity contribution in [3.05, 3.63) is 117 Å². The summed E-state index contributed by atoms with van der Waals surface area (Å²) in [5, 5.41) is 3.01. The van der Waals surface area contributed by atoms with Crippen molar-refractivity contribution in [2.24, 2.45) is 5.92 Å². The van der Waals surface area contributed by atoms with Crippen LogP contribution in [-0.2, 0) is 14.4 Å². The van der Waals surface area contributed by atoms with Gasteiger partial charge in [-0.25, -0.2) is 0 Å². The van der Waals surface area contributed by atoms with Gasteiger partial charge in [-0.3, -0.25) is 14.4 Å². The summed E-state index contributed by atoms with van der Waals surface area (Å²) in [5.74, 6) is 1.97. The largest absolute Gasteiger partial charge is 2.00 e. The van der Waals surface area contributed by atoms with Crippen LogP contribution < -0.4 is 17.7 Å². The summed E-state index contributed by atoms with van der Waals surface area (Å²) in [6.07, 6.45) is 9.04. The fraction of sp³-hybridized carbons (Fsp3) is 0.429. The van der Waals surface area contributed by atoms with Crippen molar-refractivity contribution in [3.63, 3.8) is 0 Å². The number of amides is 1. The van der Waals surface area contributed by atoms with E-state index < -0.39 is 0 Å². The molecule has 4 unspecified atom stereocenters. The molecule has 1 N–H and O–H groups in total. The summed E-state index contributed by atoms with van der Waals surface area (Å²) in [7, 11) is 0. The van der Waals surface area contributed by atoms with Crippen molar-refractivity contribution in [2.45, 2.75) is 112 Å².